The number of carbonyl (C=O) groups excluding carboxylic acids is 1. The van der Waals surface area contributed by atoms with E-state index < -0.39 is 16.8 Å². The molecule has 1 N–H and O–H groups in total. The minimum atomic E-state index is -0.662. The normalized spacial score (nSPS) is 11.7. The zero-order valence-corrected chi connectivity index (χ0v) is 11.0. The molecule has 108 valence electrons. The van der Waals surface area contributed by atoms with E-state index in [1.54, 1.807) is 36.4 Å². The van der Waals surface area contributed by atoms with Crippen molar-refractivity contribution < 1.29 is 14.1 Å². The maximum atomic E-state index is 13.8. The van der Waals surface area contributed by atoms with E-state index in [1.807, 2.05) is 0 Å². The molecule has 0 heterocycles. The summed E-state index contributed by atoms with van der Waals surface area (Å²) >= 11 is 0. The summed E-state index contributed by atoms with van der Waals surface area (Å²) in [7, 11) is 0. The van der Waals surface area contributed by atoms with Gasteiger partial charge in [0.2, 0.25) is 6.41 Å². The van der Waals surface area contributed by atoms with Crippen LogP contribution in [0.3, 0.4) is 0 Å². The number of amides is 1. The van der Waals surface area contributed by atoms with Crippen LogP contribution in [-0.4, -0.2) is 11.3 Å². The Balaban J connectivity index is 2.36. The van der Waals surface area contributed by atoms with Gasteiger partial charge in [-0.2, -0.15) is 0 Å². The summed E-state index contributed by atoms with van der Waals surface area (Å²) in [6.07, 6.45) is 0.600. The fourth-order valence-corrected chi connectivity index (χ4v) is 2.18. The Hall–Kier alpha value is -2.76. The monoisotopic (exact) mass is 288 g/mol. The Morgan fingerprint density at radius 1 is 1.19 bits per heavy atom. The first-order valence-corrected chi connectivity index (χ1v) is 6.30. The lowest BCUT2D eigenvalue weighted by Gasteiger charge is -2.17. The van der Waals surface area contributed by atoms with E-state index in [0.717, 1.165) is 0 Å². The third-order valence-corrected chi connectivity index (χ3v) is 3.16. The number of nitrogens with zero attached hydrogens (tertiary/aromatic N) is 1. The second-order valence-electron chi connectivity index (χ2n) is 4.45. The number of nitro groups is 1. The van der Waals surface area contributed by atoms with Gasteiger partial charge in [0.05, 0.1) is 11.0 Å². The molecule has 0 unspecified atom stereocenters. The number of hydrogen-bond donors (Lipinski definition) is 1. The molecule has 0 aliphatic heterocycles. The molecule has 2 aromatic rings. The first-order chi connectivity index (χ1) is 10.1. The summed E-state index contributed by atoms with van der Waals surface area (Å²) in [5.74, 6) is -0.463. The second-order valence-corrected chi connectivity index (χ2v) is 4.45. The first-order valence-electron chi connectivity index (χ1n) is 6.30. The predicted octanol–water partition coefficient (Wildman–Crippen LogP) is 2.76. The summed E-state index contributed by atoms with van der Waals surface area (Å²) < 4.78 is 13.8. The Morgan fingerprint density at radius 2 is 1.86 bits per heavy atom. The van der Waals surface area contributed by atoms with E-state index in [4.69, 9.17) is 0 Å². The lowest BCUT2D eigenvalue weighted by Crippen LogP contribution is -2.23. The van der Waals surface area contributed by atoms with Crippen molar-refractivity contribution in [2.45, 2.75) is 12.5 Å². The molecule has 0 saturated heterocycles. The average molecular weight is 288 g/mol. The summed E-state index contributed by atoms with van der Waals surface area (Å²) in [6.45, 7) is 0. The maximum absolute atomic E-state index is 13.8. The number of benzene rings is 2. The second kappa shape index (κ2) is 6.60. The summed E-state index contributed by atoms with van der Waals surface area (Å²) in [5, 5.41) is 13.5. The largest absolute Gasteiger partial charge is 0.351 e. The lowest BCUT2D eigenvalue weighted by atomic mass is 9.97. The molecule has 0 saturated carbocycles. The van der Waals surface area contributed by atoms with Crippen LogP contribution in [0.2, 0.25) is 0 Å². The van der Waals surface area contributed by atoms with Crippen LogP contribution in [0.25, 0.3) is 0 Å². The van der Waals surface area contributed by atoms with Crippen molar-refractivity contribution in [2.75, 3.05) is 0 Å². The van der Waals surface area contributed by atoms with Gasteiger partial charge in [0.25, 0.3) is 5.69 Å². The lowest BCUT2D eigenvalue weighted by molar-refractivity contribution is -0.385. The molecule has 2 rings (SSSR count). The molecule has 0 aliphatic rings. The molecule has 1 amide bonds. The van der Waals surface area contributed by atoms with Gasteiger partial charge < -0.3 is 5.32 Å². The van der Waals surface area contributed by atoms with E-state index in [-0.39, 0.29) is 12.1 Å². The average Bonchev–Trinajstić information content (AvgIpc) is 2.48. The van der Waals surface area contributed by atoms with Crippen molar-refractivity contribution in [1.29, 1.82) is 0 Å². The Kier molecular flexibility index (Phi) is 4.61. The fraction of sp³-hybridized carbons (Fsp3) is 0.133. The number of nitro benzene ring substituents is 1. The topological polar surface area (TPSA) is 72.2 Å². The molecule has 0 aromatic heterocycles. The quantitative estimate of drug-likeness (QED) is 0.504. The third kappa shape index (κ3) is 3.42. The molecule has 21 heavy (non-hydrogen) atoms. The number of hydrogen-bond acceptors (Lipinski definition) is 3. The molecule has 6 heteroatoms. The molecule has 0 aliphatic carbocycles. The number of halogens is 1. The number of carbonyl (C=O) groups is 1. The van der Waals surface area contributed by atoms with Gasteiger partial charge in [0, 0.05) is 23.6 Å². The van der Waals surface area contributed by atoms with Crippen molar-refractivity contribution in [2.24, 2.45) is 0 Å². The molecule has 0 fully saturated rings. The zero-order valence-electron chi connectivity index (χ0n) is 11.0. The zero-order chi connectivity index (χ0) is 15.2. The van der Waals surface area contributed by atoms with Gasteiger partial charge in [0.15, 0.2) is 0 Å². The number of nitrogens with one attached hydrogen (secondary N) is 1. The van der Waals surface area contributed by atoms with Crippen LogP contribution < -0.4 is 5.32 Å². The van der Waals surface area contributed by atoms with Crippen molar-refractivity contribution in [1.82, 2.24) is 5.32 Å². The van der Waals surface area contributed by atoms with E-state index >= 15 is 0 Å². The standard InChI is InChI=1S/C15H13FN2O3/c16-13-7-3-2-6-12(13)14(17-10-19)9-11-5-1-4-8-15(11)18(20)21/h1-8,10,14H,9H2,(H,17,19)/t14-/m1/s1. The molecular weight excluding hydrogens is 275 g/mol. The molecule has 0 bridgehead atoms. The summed E-state index contributed by atoms with van der Waals surface area (Å²) in [6, 6.07) is 11.6. The number of rotatable bonds is 6. The van der Waals surface area contributed by atoms with Crippen LogP contribution in [-0.2, 0) is 11.2 Å². The van der Waals surface area contributed by atoms with E-state index in [2.05, 4.69) is 5.32 Å². The smallest absolute Gasteiger partial charge is 0.272 e. The van der Waals surface area contributed by atoms with Gasteiger partial charge in [0.1, 0.15) is 5.82 Å². The van der Waals surface area contributed by atoms with Crippen molar-refractivity contribution in [3.63, 3.8) is 0 Å². The van der Waals surface area contributed by atoms with Gasteiger partial charge >= 0.3 is 0 Å². The molecule has 0 spiro atoms. The van der Waals surface area contributed by atoms with Gasteiger partial charge in [-0.3, -0.25) is 14.9 Å². The highest BCUT2D eigenvalue weighted by molar-refractivity contribution is 5.49. The van der Waals surface area contributed by atoms with E-state index in [9.17, 15) is 19.3 Å². The van der Waals surface area contributed by atoms with Crippen molar-refractivity contribution in [3.8, 4) is 0 Å². The van der Waals surface area contributed by atoms with Gasteiger partial charge in [-0.15, -0.1) is 0 Å². The highest BCUT2D eigenvalue weighted by atomic mass is 19.1. The summed E-state index contributed by atoms with van der Waals surface area (Å²) in [5.41, 5.74) is 0.680. The summed E-state index contributed by atoms with van der Waals surface area (Å²) in [4.78, 5) is 21.3. The highest BCUT2D eigenvalue weighted by Crippen LogP contribution is 2.26. The van der Waals surface area contributed by atoms with Crippen molar-refractivity contribution >= 4 is 12.1 Å². The van der Waals surface area contributed by atoms with Gasteiger partial charge in [-0.25, -0.2) is 4.39 Å². The third-order valence-electron chi connectivity index (χ3n) is 3.16. The fourth-order valence-electron chi connectivity index (χ4n) is 2.18. The first kappa shape index (κ1) is 14.6. The Morgan fingerprint density at radius 3 is 2.52 bits per heavy atom. The van der Waals surface area contributed by atoms with Crippen LogP contribution in [0.5, 0.6) is 0 Å². The predicted molar refractivity (Wildman–Crippen MR) is 75.1 cm³/mol. The molecule has 0 radical (unpaired) electrons. The minimum absolute atomic E-state index is 0.0495. The molecule has 2 aromatic carbocycles. The van der Waals surface area contributed by atoms with E-state index in [0.29, 0.717) is 17.5 Å². The Bertz CT molecular complexity index is 661. The SMILES string of the molecule is O=CN[C@H](Cc1ccccc1[N+](=O)[O-])c1ccccc1F. The van der Waals surface area contributed by atoms with Crippen LogP contribution in [0, 0.1) is 15.9 Å². The number of para-hydroxylation sites is 1. The molecule has 1 atom stereocenters. The maximum Gasteiger partial charge on any atom is 0.272 e. The van der Waals surface area contributed by atoms with Gasteiger partial charge in [-0.1, -0.05) is 36.4 Å². The molecule has 5 nitrogen and oxygen atoms in total. The van der Waals surface area contributed by atoms with Crippen LogP contribution in [0.15, 0.2) is 48.5 Å². The Labute approximate surface area is 120 Å². The van der Waals surface area contributed by atoms with Crippen molar-refractivity contribution in [3.05, 3.63) is 75.6 Å². The minimum Gasteiger partial charge on any atom is -0.351 e. The van der Waals surface area contributed by atoms with Crippen LogP contribution >= 0.6 is 0 Å². The van der Waals surface area contributed by atoms with Gasteiger partial charge in [-0.05, 0) is 6.07 Å². The van der Waals surface area contributed by atoms with E-state index in [1.165, 1.54) is 12.1 Å². The van der Waals surface area contributed by atoms with Crippen LogP contribution in [0.1, 0.15) is 17.2 Å². The van der Waals surface area contributed by atoms with Crippen LogP contribution in [0.4, 0.5) is 10.1 Å². The molecular formula is C15H13FN2O3. The highest BCUT2D eigenvalue weighted by Gasteiger charge is 2.20.